The molecule has 68 valence electrons. The Labute approximate surface area is 78.0 Å². The molecule has 2 N–H and O–H groups in total. The number of rotatable bonds is 2. The number of hydrogen-bond acceptors (Lipinski definition) is 1. The average molecular weight is 175 g/mol. The molecule has 0 aliphatic rings. The highest BCUT2D eigenvalue weighted by Gasteiger charge is 1.85. The molecule has 13 heavy (non-hydrogen) atoms. The van der Waals surface area contributed by atoms with Crippen molar-refractivity contribution in [1.82, 2.24) is 0 Å². The molecule has 0 saturated heterocycles. The number of aliphatic imine (C=N–C) groups is 2. The van der Waals surface area contributed by atoms with Crippen LogP contribution < -0.4 is 5.73 Å². The van der Waals surface area contributed by atoms with Crippen molar-refractivity contribution in [2.24, 2.45) is 15.7 Å². The van der Waals surface area contributed by atoms with Crippen LogP contribution in [0.1, 0.15) is 12.5 Å². The smallest absolute Gasteiger partial charge is 0.118 e. The van der Waals surface area contributed by atoms with Crippen molar-refractivity contribution in [1.29, 1.82) is 0 Å². The largest absolute Gasteiger partial charge is 0.387 e. The maximum absolute atomic E-state index is 5.34. The lowest BCUT2D eigenvalue weighted by molar-refractivity contribution is 1.43. The van der Waals surface area contributed by atoms with Gasteiger partial charge in [0, 0.05) is 0 Å². The number of aryl methyl sites for hydroxylation is 1. The van der Waals surface area contributed by atoms with E-state index in [2.05, 4.69) is 9.98 Å². The van der Waals surface area contributed by atoms with E-state index in [1.807, 2.05) is 31.2 Å². The predicted octanol–water partition coefficient (Wildman–Crippen LogP) is 2.03. The third kappa shape index (κ3) is 3.51. The van der Waals surface area contributed by atoms with Crippen molar-refractivity contribution in [3.63, 3.8) is 0 Å². The highest BCUT2D eigenvalue weighted by molar-refractivity contribution is 5.85. The number of hydrogen-bond donors (Lipinski definition) is 1. The van der Waals surface area contributed by atoms with Gasteiger partial charge in [0.15, 0.2) is 0 Å². The fourth-order valence-corrected chi connectivity index (χ4v) is 0.817. The number of benzene rings is 1. The second kappa shape index (κ2) is 4.40. The molecular formula is C10H13N3. The molecule has 0 unspecified atom stereocenters. The summed E-state index contributed by atoms with van der Waals surface area (Å²) >= 11 is 0. The Morgan fingerprint density at radius 2 is 1.92 bits per heavy atom. The second-order valence-electron chi connectivity index (χ2n) is 2.85. The highest BCUT2D eigenvalue weighted by Crippen LogP contribution is 2.11. The molecule has 1 rings (SSSR count). The molecule has 0 aliphatic carbocycles. The van der Waals surface area contributed by atoms with Gasteiger partial charge in [-0.25, -0.2) is 9.98 Å². The van der Waals surface area contributed by atoms with Crippen LogP contribution in [0, 0.1) is 6.92 Å². The first-order valence-corrected chi connectivity index (χ1v) is 4.07. The molecule has 0 aromatic heterocycles. The quantitative estimate of drug-likeness (QED) is 0.542. The van der Waals surface area contributed by atoms with Crippen LogP contribution in [0.4, 0.5) is 5.69 Å². The number of nitrogens with zero attached hydrogens (tertiary/aromatic N) is 2. The van der Waals surface area contributed by atoms with Gasteiger partial charge in [0.25, 0.3) is 0 Å². The molecule has 3 nitrogen and oxygen atoms in total. The summed E-state index contributed by atoms with van der Waals surface area (Å²) in [6.07, 6.45) is 1.46. The summed E-state index contributed by atoms with van der Waals surface area (Å²) < 4.78 is 0. The normalized spacial score (nSPS) is 12.3. The maximum Gasteiger partial charge on any atom is 0.118 e. The molecule has 0 amide bonds. The third-order valence-corrected chi connectivity index (χ3v) is 1.50. The lowest BCUT2D eigenvalue weighted by Crippen LogP contribution is -2.04. The van der Waals surface area contributed by atoms with Crippen LogP contribution in [0.25, 0.3) is 0 Å². The van der Waals surface area contributed by atoms with Crippen molar-refractivity contribution in [3.8, 4) is 0 Å². The van der Waals surface area contributed by atoms with Gasteiger partial charge < -0.3 is 5.73 Å². The third-order valence-electron chi connectivity index (χ3n) is 1.50. The van der Waals surface area contributed by atoms with Crippen LogP contribution in [-0.2, 0) is 0 Å². The topological polar surface area (TPSA) is 50.7 Å². The molecule has 0 heterocycles. The van der Waals surface area contributed by atoms with Crippen molar-refractivity contribution < 1.29 is 0 Å². The van der Waals surface area contributed by atoms with Crippen molar-refractivity contribution >= 4 is 17.9 Å². The van der Waals surface area contributed by atoms with Crippen molar-refractivity contribution in [2.45, 2.75) is 13.8 Å². The standard InChI is InChI=1S/C10H13N3/c1-8-3-5-10(6-4-8)13-7-12-9(2)11/h3-7H,1-2H3,(H2,11,12,13). The Morgan fingerprint density at radius 3 is 2.46 bits per heavy atom. The Kier molecular flexibility index (Phi) is 3.20. The molecule has 0 radical (unpaired) electrons. The molecule has 1 aromatic carbocycles. The lowest BCUT2D eigenvalue weighted by atomic mass is 10.2. The first-order valence-electron chi connectivity index (χ1n) is 4.07. The Hall–Kier alpha value is -1.64. The molecule has 0 aliphatic heterocycles. The Balaban J connectivity index is 2.70. The minimum absolute atomic E-state index is 0.510. The summed E-state index contributed by atoms with van der Waals surface area (Å²) in [6, 6.07) is 7.89. The van der Waals surface area contributed by atoms with Gasteiger partial charge in [0.2, 0.25) is 0 Å². The predicted molar refractivity (Wildman–Crippen MR) is 56.6 cm³/mol. The molecule has 0 bridgehead atoms. The zero-order valence-corrected chi connectivity index (χ0v) is 7.86. The first kappa shape index (κ1) is 9.45. The molecule has 0 saturated carbocycles. The second-order valence-corrected chi connectivity index (χ2v) is 2.85. The maximum atomic E-state index is 5.34. The highest BCUT2D eigenvalue weighted by atomic mass is 14.9. The van der Waals surface area contributed by atoms with E-state index in [-0.39, 0.29) is 0 Å². The lowest BCUT2D eigenvalue weighted by Gasteiger charge is -1.92. The Morgan fingerprint density at radius 1 is 1.31 bits per heavy atom. The zero-order chi connectivity index (χ0) is 9.68. The monoisotopic (exact) mass is 175 g/mol. The minimum atomic E-state index is 0.510. The van der Waals surface area contributed by atoms with E-state index in [1.54, 1.807) is 6.92 Å². The molecule has 0 fully saturated rings. The summed E-state index contributed by atoms with van der Waals surface area (Å²) in [6.45, 7) is 3.76. The van der Waals surface area contributed by atoms with Gasteiger partial charge in [-0.1, -0.05) is 17.7 Å². The Bertz CT molecular complexity index is 319. The van der Waals surface area contributed by atoms with Crippen LogP contribution in [0.3, 0.4) is 0 Å². The van der Waals surface area contributed by atoms with Crippen LogP contribution in [-0.4, -0.2) is 12.2 Å². The van der Waals surface area contributed by atoms with Crippen LogP contribution in [0.5, 0.6) is 0 Å². The molecule has 0 spiro atoms. The zero-order valence-electron chi connectivity index (χ0n) is 7.86. The van der Waals surface area contributed by atoms with E-state index in [1.165, 1.54) is 11.9 Å². The van der Waals surface area contributed by atoms with Crippen LogP contribution >= 0.6 is 0 Å². The van der Waals surface area contributed by atoms with Crippen molar-refractivity contribution in [2.75, 3.05) is 0 Å². The van der Waals surface area contributed by atoms with Gasteiger partial charge in [0.1, 0.15) is 6.34 Å². The summed E-state index contributed by atoms with van der Waals surface area (Å²) in [5.74, 6) is 0.510. The summed E-state index contributed by atoms with van der Waals surface area (Å²) in [4.78, 5) is 7.94. The van der Waals surface area contributed by atoms with Gasteiger partial charge in [-0.2, -0.15) is 0 Å². The first-order chi connectivity index (χ1) is 6.18. The summed E-state index contributed by atoms with van der Waals surface area (Å²) in [5, 5.41) is 0. The minimum Gasteiger partial charge on any atom is -0.387 e. The number of amidine groups is 1. The van der Waals surface area contributed by atoms with Crippen LogP contribution in [0.2, 0.25) is 0 Å². The SMILES string of the molecule is CC(N)=NC=Nc1ccc(C)cc1. The molecule has 3 heteroatoms. The summed E-state index contributed by atoms with van der Waals surface area (Å²) in [5.41, 5.74) is 7.44. The van der Waals surface area contributed by atoms with Crippen LogP contribution in [0.15, 0.2) is 34.3 Å². The molecule has 1 aromatic rings. The van der Waals surface area contributed by atoms with Gasteiger partial charge >= 0.3 is 0 Å². The van der Waals surface area contributed by atoms with Gasteiger partial charge in [-0.3, -0.25) is 0 Å². The summed E-state index contributed by atoms with van der Waals surface area (Å²) in [7, 11) is 0. The molecule has 0 atom stereocenters. The molecular weight excluding hydrogens is 162 g/mol. The fourth-order valence-electron chi connectivity index (χ4n) is 0.817. The fraction of sp³-hybridized carbons (Fsp3) is 0.200. The van der Waals surface area contributed by atoms with E-state index in [9.17, 15) is 0 Å². The van der Waals surface area contributed by atoms with E-state index < -0.39 is 0 Å². The van der Waals surface area contributed by atoms with E-state index in [4.69, 9.17) is 5.73 Å². The van der Waals surface area contributed by atoms with E-state index >= 15 is 0 Å². The van der Waals surface area contributed by atoms with E-state index in [0.717, 1.165) is 5.69 Å². The van der Waals surface area contributed by atoms with Crippen molar-refractivity contribution in [3.05, 3.63) is 29.8 Å². The van der Waals surface area contributed by atoms with Gasteiger partial charge in [-0.05, 0) is 26.0 Å². The average Bonchev–Trinajstić information content (AvgIpc) is 2.08. The van der Waals surface area contributed by atoms with Gasteiger partial charge in [-0.15, -0.1) is 0 Å². The van der Waals surface area contributed by atoms with E-state index in [0.29, 0.717) is 5.84 Å². The number of nitrogens with two attached hydrogens (primary N) is 1. The van der Waals surface area contributed by atoms with Gasteiger partial charge in [0.05, 0.1) is 11.5 Å².